The highest BCUT2D eigenvalue weighted by atomic mass is 16.5. The lowest BCUT2D eigenvalue weighted by Gasteiger charge is -2.32. The SMILES string of the molecule is CC(C)NC(N)=NCCN1CCOCC1C. The van der Waals surface area contributed by atoms with Gasteiger partial charge in [-0.3, -0.25) is 9.89 Å². The number of nitrogens with two attached hydrogens (primary N) is 1. The molecule has 0 radical (unpaired) electrons. The van der Waals surface area contributed by atoms with Crippen LogP contribution in [0.25, 0.3) is 0 Å². The molecule has 5 nitrogen and oxygen atoms in total. The molecule has 1 saturated heterocycles. The van der Waals surface area contributed by atoms with Gasteiger partial charge in [-0.25, -0.2) is 0 Å². The number of morpholine rings is 1. The van der Waals surface area contributed by atoms with Crippen molar-refractivity contribution in [3.05, 3.63) is 0 Å². The molecule has 0 aromatic heterocycles. The summed E-state index contributed by atoms with van der Waals surface area (Å²) >= 11 is 0. The minimum Gasteiger partial charge on any atom is -0.379 e. The lowest BCUT2D eigenvalue weighted by molar-refractivity contribution is 0.00141. The molecule has 3 N–H and O–H groups in total. The first-order chi connectivity index (χ1) is 7.59. The molecule has 5 heteroatoms. The summed E-state index contributed by atoms with van der Waals surface area (Å²) in [6.07, 6.45) is 0. The van der Waals surface area contributed by atoms with Crippen molar-refractivity contribution in [2.24, 2.45) is 10.7 Å². The summed E-state index contributed by atoms with van der Waals surface area (Å²) in [5.74, 6) is 0.538. The molecule has 1 aliphatic heterocycles. The van der Waals surface area contributed by atoms with Crippen LogP contribution in [0, 0.1) is 0 Å². The molecule has 1 fully saturated rings. The van der Waals surface area contributed by atoms with Crippen LogP contribution in [0.4, 0.5) is 0 Å². The fourth-order valence-electron chi connectivity index (χ4n) is 1.73. The molecule has 1 rings (SSSR count). The highest BCUT2D eigenvalue weighted by Crippen LogP contribution is 2.04. The van der Waals surface area contributed by atoms with E-state index < -0.39 is 0 Å². The Morgan fingerprint density at radius 3 is 3.00 bits per heavy atom. The Morgan fingerprint density at radius 2 is 2.38 bits per heavy atom. The number of aliphatic imine (C=N–C) groups is 1. The van der Waals surface area contributed by atoms with Crippen molar-refractivity contribution in [3.8, 4) is 0 Å². The number of guanidine groups is 1. The monoisotopic (exact) mass is 228 g/mol. The molecule has 94 valence electrons. The van der Waals surface area contributed by atoms with Crippen LogP contribution in [0.1, 0.15) is 20.8 Å². The van der Waals surface area contributed by atoms with Crippen LogP contribution in [0.3, 0.4) is 0 Å². The number of hydrogen-bond donors (Lipinski definition) is 2. The molecule has 0 aromatic rings. The summed E-state index contributed by atoms with van der Waals surface area (Å²) in [6, 6.07) is 0.828. The standard InChI is InChI=1S/C11H24N4O/c1-9(2)14-11(12)13-4-5-15-6-7-16-8-10(15)3/h9-10H,4-8H2,1-3H3,(H3,12,13,14). The normalized spacial score (nSPS) is 23.8. The van der Waals surface area contributed by atoms with Gasteiger partial charge in [-0.2, -0.15) is 0 Å². The van der Waals surface area contributed by atoms with Gasteiger partial charge in [-0.05, 0) is 20.8 Å². The van der Waals surface area contributed by atoms with Crippen LogP contribution in [0.15, 0.2) is 4.99 Å². The fourth-order valence-corrected chi connectivity index (χ4v) is 1.73. The molecule has 0 aromatic carbocycles. The first-order valence-corrected chi connectivity index (χ1v) is 5.98. The van der Waals surface area contributed by atoms with Crippen molar-refractivity contribution < 1.29 is 4.74 Å². The fraction of sp³-hybridized carbons (Fsp3) is 0.909. The van der Waals surface area contributed by atoms with E-state index in [9.17, 15) is 0 Å². The van der Waals surface area contributed by atoms with Crippen LogP contribution in [0.5, 0.6) is 0 Å². The Morgan fingerprint density at radius 1 is 1.62 bits per heavy atom. The molecule has 1 heterocycles. The van der Waals surface area contributed by atoms with Gasteiger partial charge < -0.3 is 15.8 Å². The second-order valence-corrected chi connectivity index (χ2v) is 4.53. The van der Waals surface area contributed by atoms with Gasteiger partial charge in [-0.1, -0.05) is 0 Å². The Hall–Kier alpha value is -0.810. The Labute approximate surface area is 98.0 Å². The molecular formula is C11H24N4O. The minimum atomic E-state index is 0.339. The summed E-state index contributed by atoms with van der Waals surface area (Å²) in [4.78, 5) is 6.68. The zero-order chi connectivity index (χ0) is 12.0. The number of hydrogen-bond acceptors (Lipinski definition) is 3. The Bertz CT molecular complexity index is 230. The van der Waals surface area contributed by atoms with Crippen molar-refractivity contribution in [1.29, 1.82) is 0 Å². The van der Waals surface area contributed by atoms with E-state index in [1.165, 1.54) is 0 Å². The molecule has 0 aliphatic carbocycles. The molecule has 0 spiro atoms. The highest BCUT2D eigenvalue weighted by molar-refractivity contribution is 5.78. The topological polar surface area (TPSA) is 62.9 Å². The molecule has 1 atom stereocenters. The van der Waals surface area contributed by atoms with Gasteiger partial charge in [0.25, 0.3) is 0 Å². The first kappa shape index (κ1) is 13.3. The van der Waals surface area contributed by atoms with Gasteiger partial charge in [0.05, 0.1) is 19.8 Å². The summed E-state index contributed by atoms with van der Waals surface area (Å²) in [5.41, 5.74) is 5.72. The van der Waals surface area contributed by atoms with Crippen LogP contribution >= 0.6 is 0 Å². The number of rotatable bonds is 4. The van der Waals surface area contributed by atoms with E-state index in [0.29, 0.717) is 18.0 Å². The highest BCUT2D eigenvalue weighted by Gasteiger charge is 2.17. The summed E-state index contributed by atoms with van der Waals surface area (Å²) in [7, 11) is 0. The molecular weight excluding hydrogens is 204 g/mol. The zero-order valence-corrected chi connectivity index (χ0v) is 10.6. The lowest BCUT2D eigenvalue weighted by Crippen LogP contribution is -2.45. The van der Waals surface area contributed by atoms with E-state index in [0.717, 1.165) is 32.8 Å². The van der Waals surface area contributed by atoms with E-state index in [1.54, 1.807) is 0 Å². The summed E-state index contributed by atoms with van der Waals surface area (Å²) in [6.45, 7) is 10.6. The third kappa shape index (κ3) is 4.81. The van der Waals surface area contributed by atoms with Crippen LogP contribution in [-0.4, -0.2) is 55.8 Å². The average Bonchev–Trinajstić information content (AvgIpc) is 2.19. The van der Waals surface area contributed by atoms with E-state index >= 15 is 0 Å². The van der Waals surface area contributed by atoms with Crippen molar-refractivity contribution in [2.45, 2.75) is 32.9 Å². The predicted octanol–water partition coefficient (Wildman–Crippen LogP) is 0.0198. The third-order valence-corrected chi connectivity index (χ3v) is 2.61. The van der Waals surface area contributed by atoms with Gasteiger partial charge in [0, 0.05) is 25.2 Å². The molecule has 1 unspecified atom stereocenters. The third-order valence-electron chi connectivity index (χ3n) is 2.61. The smallest absolute Gasteiger partial charge is 0.188 e. The Balaban J connectivity index is 2.23. The number of ether oxygens (including phenoxy) is 1. The quantitative estimate of drug-likeness (QED) is 0.526. The second-order valence-electron chi connectivity index (χ2n) is 4.53. The number of nitrogens with zero attached hydrogens (tertiary/aromatic N) is 2. The predicted molar refractivity (Wildman–Crippen MR) is 66.6 cm³/mol. The second kappa shape index (κ2) is 6.70. The minimum absolute atomic E-state index is 0.339. The van der Waals surface area contributed by atoms with Crippen LogP contribution in [0.2, 0.25) is 0 Å². The zero-order valence-electron chi connectivity index (χ0n) is 10.6. The van der Waals surface area contributed by atoms with Gasteiger partial charge in [0.2, 0.25) is 0 Å². The lowest BCUT2D eigenvalue weighted by atomic mass is 10.2. The van der Waals surface area contributed by atoms with E-state index in [-0.39, 0.29) is 0 Å². The van der Waals surface area contributed by atoms with E-state index in [4.69, 9.17) is 10.5 Å². The van der Waals surface area contributed by atoms with Gasteiger partial charge in [0.1, 0.15) is 0 Å². The maximum absolute atomic E-state index is 5.72. The average molecular weight is 228 g/mol. The molecule has 16 heavy (non-hydrogen) atoms. The van der Waals surface area contributed by atoms with Gasteiger partial charge >= 0.3 is 0 Å². The van der Waals surface area contributed by atoms with Crippen molar-refractivity contribution in [2.75, 3.05) is 32.8 Å². The largest absolute Gasteiger partial charge is 0.379 e. The van der Waals surface area contributed by atoms with Gasteiger partial charge in [0.15, 0.2) is 5.96 Å². The summed E-state index contributed by atoms with van der Waals surface area (Å²) < 4.78 is 5.38. The molecule has 0 amide bonds. The first-order valence-electron chi connectivity index (χ1n) is 5.98. The maximum atomic E-state index is 5.72. The van der Waals surface area contributed by atoms with Crippen LogP contribution in [-0.2, 0) is 4.74 Å². The maximum Gasteiger partial charge on any atom is 0.188 e. The molecule has 1 aliphatic rings. The Kier molecular flexibility index (Phi) is 5.55. The van der Waals surface area contributed by atoms with Crippen molar-refractivity contribution >= 4 is 5.96 Å². The molecule has 0 bridgehead atoms. The van der Waals surface area contributed by atoms with E-state index in [2.05, 4.69) is 22.1 Å². The van der Waals surface area contributed by atoms with E-state index in [1.807, 2.05) is 13.8 Å². The van der Waals surface area contributed by atoms with Gasteiger partial charge in [-0.15, -0.1) is 0 Å². The van der Waals surface area contributed by atoms with Crippen molar-refractivity contribution in [1.82, 2.24) is 10.2 Å². The van der Waals surface area contributed by atoms with Crippen LogP contribution < -0.4 is 11.1 Å². The molecule has 0 saturated carbocycles. The van der Waals surface area contributed by atoms with Crippen molar-refractivity contribution in [3.63, 3.8) is 0 Å². The number of nitrogens with one attached hydrogen (secondary N) is 1. The summed E-state index contributed by atoms with van der Waals surface area (Å²) in [5, 5.41) is 3.08.